The van der Waals surface area contributed by atoms with E-state index >= 15 is 0 Å². The molecule has 4 nitrogen and oxygen atoms in total. The lowest BCUT2D eigenvalue weighted by Gasteiger charge is -2.46. The van der Waals surface area contributed by atoms with Crippen LogP contribution in [0.1, 0.15) is 12.8 Å². The summed E-state index contributed by atoms with van der Waals surface area (Å²) in [5.41, 5.74) is 5.40. The van der Waals surface area contributed by atoms with Gasteiger partial charge in [-0.25, -0.2) is 8.42 Å². The quantitative estimate of drug-likeness (QED) is 0.654. The summed E-state index contributed by atoms with van der Waals surface area (Å²) >= 11 is 0. The molecule has 0 radical (unpaired) electrons. The van der Waals surface area contributed by atoms with Gasteiger partial charge in [-0.3, -0.25) is 0 Å². The lowest BCUT2D eigenvalue weighted by Crippen LogP contribution is -2.62. The number of hydrogen-bond donors (Lipinski definition) is 1. The fraction of sp³-hybridized carbons (Fsp3) is 1.00. The maximum absolute atomic E-state index is 11.4. The Morgan fingerprint density at radius 3 is 2.38 bits per heavy atom. The Morgan fingerprint density at radius 1 is 1.31 bits per heavy atom. The highest BCUT2D eigenvalue weighted by molar-refractivity contribution is 7.94. The first-order valence-corrected chi connectivity index (χ1v) is 6.40. The zero-order chi connectivity index (χ0) is 9.47. The first-order chi connectivity index (χ1) is 6.14. The van der Waals surface area contributed by atoms with Gasteiger partial charge >= 0.3 is 0 Å². The predicted molar refractivity (Wildman–Crippen MR) is 51.2 cm³/mol. The molecule has 2 atom stereocenters. The van der Waals surface area contributed by atoms with Crippen molar-refractivity contribution in [3.63, 3.8) is 0 Å². The molecule has 2 bridgehead atoms. The van der Waals surface area contributed by atoms with Crippen LogP contribution in [0.15, 0.2) is 0 Å². The van der Waals surface area contributed by atoms with Crippen molar-refractivity contribution in [2.75, 3.05) is 26.2 Å². The van der Waals surface area contributed by atoms with Gasteiger partial charge in [0, 0.05) is 13.1 Å². The fourth-order valence-corrected chi connectivity index (χ4v) is 4.24. The fourth-order valence-electron chi connectivity index (χ4n) is 2.22. The van der Waals surface area contributed by atoms with E-state index in [1.165, 1.54) is 0 Å². The summed E-state index contributed by atoms with van der Waals surface area (Å²) in [4.78, 5) is 2.23. The molecule has 3 rings (SSSR count). The zero-order valence-electron chi connectivity index (χ0n) is 7.65. The van der Waals surface area contributed by atoms with Crippen LogP contribution < -0.4 is 5.73 Å². The molecule has 0 aromatic rings. The Hall–Kier alpha value is -0.130. The first kappa shape index (κ1) is 9.43. The van der Waals surface area contributed by atoms with E-state index in [9.17, 15) is 8.42 Å². The standard InChI is InChI=1S/C8H16N2O2S/c9-2-1-3-10-5-7-4-8(6-10)13(7,11)12/h7-8H,1-6,9H2. The van der Waals surface area contributed by atoms with Gasteiger partial charge in [-0.05, 0) is 25.9 Å². The third kappa shape index (κ3) is 1.49. The number of fused-ring (bicyclic) bond motifs is 2. The Balaban J connectivity index is 1.90. The zero-order valence-corrected chi connectivity index (χ0v) is 8.46. The average molecular weight is 204 g/mol. The van der Waals surface area contributed by atoms with E-state index in [4.69, 9.17) is 5.73 Å². The highest BCUT2D eigenvalue weighted by atomic mass is 32.2. The summed E-state index contributed by atoms with van der Waals surface area (Å²) in [6.07, 6.45) is 1.86. The van der Waals surface area contributed by atoms with Crippen LogP contribution in [0.4, 0.5) is 0 Å². The molecule has 0 aromatic carbocycles. The van der Waals surface area contributed by atoms with Crippen molar-refractivity contribution < 1.29 is 8.42 Å². The van der Waals surface area contributed by atoms with Gasteiger partial charge in [0.25, 0.3) is 0 Å². The molecular formula is C8H16N2O2S. The largest absolute Gasteiger partial charge is 0.330 e. The van der Waals surface area contributed by atoms with Gasteiger partial charge < -0.3 is 10.6 Å². The van der Waals surface area contributed by atoms with Crippen LogP contribution >= 0.6 is 0 Å². The van der Waals surface area contributed by atoms with E-state index in [0.29, 0.717) is 6.54 Å². The molecule has 3 aliphatic heterocycles. The second-order valence-electron chi connectivity index (χ2n) is 3.97. The van der Waals surface area contributed by atoms with Crippen LogP contribution in [-0.4, -0.2) is 50.0 Å². The summed E-state index contributed by atoms with van der Waals surface area (Å²) in [7, 11) is -2.70. The topological polar surface area (TPSA) is 63.4 Å². The lowest BCUT2D eigenvalue weighted by atomic mass is 10.1. The van der Waals surface area contributed by atoms with Crippen molar-refractivity contribution in [1.82, 2.24) is 4.90 Å². The maximum atomic E-state index is 11.4. The van der Waals surface area contributed by atoms with Crippen LogP contribution in [0.3, 0.4) is 0 Å². The van der Waals surface area contributed by atoms with Crippen LogP contribution in [-0.2, 0) is 9.84 Å². The first-order valence-electron chi connectivity index (χ1n) is 4.79. The van der Waals surface area contributed by atoms with Gasteiger partial charge in [0.1, 0.15) is 0 Å². The molecule has 3 saturated heterocycles. The second-order valence-corrected chi connectivity index (χ2v) is 6.48. The minimum atomic E-state index is -2.70. The molecule has 2 unspecified atom stereocenters. The number of piperidine rings is 1. The van der Waals surface area contributed by atoms with Gasteiger partial charge in [-0.2, -0.15) is 0 Å². The van der Waals surface area contributed by atoms with Crippen LogP contribution in [0.5, 0.6) is 0 Å². The Labute approximate surface area is 79.0 Å². The molecule has 5 heteroatoms. The molecule has 2 N–H and O–H groups in total. The highest BCUT2D eigenvalue weighted by Gasteiger charge is 2.51. The Kier molecular flexibility index (Phi) is 2.33. The summed E-state index contributed by atoms with van der Waals surface area (Å²) < 4.78 is 22.8. The SMILES string of the molecule is NCCCN1CC2CC(C1)S2(=O)=O. The third-order valence-electron chi connectivity index (χ3n) is 3.06. The van der Waals surface area contributed by atoms with E-state index in [2.05, 4.69) is 4.90 Å². The number of nitrogens with two attached hydrogens (primary N) is 1. The molecule has 3 aliphatic rings. The van der Waals surface area contributed by atoms with Crippen molar-refractivity contribution in [1.29, 1.82) is 0 Å². The number of hydrogen-bond acceptors (Lipinski definition) is 4. The minimum absolute atomic E-state index is 0.0657. The van der Waals surface area contributed by atoms with Crippen molar-refractivity contribution in [3.8, 4) is 0 Å². The van der Waals surface area contributed by atoms with E-state index in [1.807, 2.05) is 0 Å². The monoisotopic (exact) mass is 204 g/mol. The van der Waals surface area contributed by atoms with Gasteiger partial charge in [0.05, 0.1) is 10.5 Å². The average Bonchev–Trinajstić information content (AvgIpc) is 2.15. The number of nitrogens with zero attached hydrogens (tertiary/aromatic N) is 1. The van der Waals surface area contributed by atoms with Gasteiger partial charge in [0.2, 0.25) is 0 Å². The molecule has 76 valence electrons. The molecule has 0 aromatic heterocycles. The van der Waals surface area contributed by atoms with Crippen LogP contribution in [0, 0.1) is 0 Å². The van der Waals surface area contributed by atoms with E-state index in [-0.39, 0.29) is 10.5 Å². The second kappa shape index (κ2) is 3.22. The Morgan fingerprint density at radius 2 is 1.92 bits per heavy atom. The summed E-state index contributed by atoms with van der Waals surface area (Å²) in [6, 6.07) is 0. The summed E-state index contributed by atoms with van der Waals surface area (Å²) in [6.45, 7) is 3.12. The number of sulfone groups is 1. The van der Waals surface area contributed by atoms with Crippen molar-refractivity contribution in [2.45, 2.75) is 23.3 Å². The maximum Gasteiger partial charge on any atom is 0.158 e. The molecule has 3 heterocycles. The summed E-state index contributed by atoms with van der Waals surface area (Å²) in [5, 5.41) is -0.131. The highest BCUT2D eigenvalue weighted by Crippen LogP contribution is 2.35. The van der Waals surface area contributed by atoms with E-state index < -0.39 is 9.84 Å². The normalized spacial score (nSPS) is 37.0. The van der Waals surface area contributed by atoms with Crippen molar-refractivity contribution in [3.05, 3.63) is 0 Å². The lowest BCUT2D eigenvalue weighted by molar-refractivity contribution is 0.208. The van der Waals surface area contributed by atoms with Crippen molar-refractivity contribution >= 4 is 9.84 Å². The van der Waals surface area contributed by atoms with Crippen LogP contribution in [0.2, 0.25) is 0 Å². The van der Waals surface area contributed by atoms with Gasteiger partial charge in [0.15, 0.2) is 9.84 Å². The Bertz CT molecular complexity index is 271. The molecule has 0 saturated carbocycles. The molecule has 0 amide bonds. The van der Waals surface area contributed by atoms with Crippen LogP contribution in [0.25, 0.3) is 0 Å². The molecular weight excluding hydrogens is 188 g/mol. The predicted octanol–water partition coefficient (Wildman–Crippen LogP) is -0.793. The molecule has 0 aliphatic carbocycles. The van der Waals surface area contributed by atoms with Crippen molar-refractivity contribution in [2.24, 2.45) is 5.73 Å². The minimum Gasteiger partial charge on any atom is -0.330 e. The smallest absolute Gasteiger partial charge is 0.158 e. The van der Waals surface area contributed by atoms with E-state index in [0.717, 1.165) is 32.5 Å². The van der Waals surface area contributed by atoms with Gasteiger partial charge in [-0.1, -0.05) is 0 Å². The summed E-state index contributed by atoms with van der Waals surface area (Å²) in [5.74, 6) is 0. The molecule has 0 spiro atoms. The van der Waals surface area contributed by atoms with Gasteiger partial charge in [-0.15, -0.1) is 0 Å². The van der Waals surface area contributed by atoms with E-state index in [1.54, 1.807) is 0 Å². The number of rotatable bonds is 3. The third-order valence-corrected chi connectivity index (χ3v) is 5.60. The molecule has 3 fully saturated rings. The molecule has 13 heavy (non-hydrogen) atoms.